The van der Waals surface area contributed by atoms with E-state index in [1.165, 1.54) is 4.90 Å². The van der Waals surface area contributed by atoms with E-state index in [2.05, 4.69) is 0 Å². The van der Waals surface area contributed by atoms with E-state index in [4.69, 9.17) is 9.47 Å². The van der Waals surface area contributed by atoms with Gasteiger partial charge in [-0.05, 0) is 54.7 Å². The molecule has 1 heterocycles. The van der Waals surface area contributed by atoms with Gasteiger partial charge >= 0.3 is 5.97 Å². The largest absolute Gasteiger partial charge is 0.507 e. The molecule has 3 aromatic carbocycles. The summed E-state index contributed by atoms with van der Waals surface area (Å²) in [7, 11) is 0. The third kappa shape index (κ3) is 6.42. The average molecular weight is 542 g/mol. The molecule has 0 aliphatic carbocycles. The summed E-state index contributed by atoms with van der Waals surface area (Å²) in [5.74, 6) is -1.23. The SMILES string of the molecule is CCCOC(=O)c1ccc(CN2C(=O)C(=O)/C(=C(/O)c3cccc(OCC(C)C)c3)C2c2cccc(C)c2)cc1. The second-order valence-electron chi connectivity index (χ2n) is 10.4. The Morgan fingerprint density at radius 2 is 1.70 bits per heavy atom. The van der Waals surface area contributed by atoms with Crippen LogP contribution < -0.4 is 4.74 Å². The number of aliphatic hydroxyl groups excluding tert-OH is 1. The molecule has 1 amide bonds. The minimum Gasteiger partial charge on any atom is -0.507 e. The number of hydrogen-bond acceptors (Lipinski definition) is 6. The molecule has 0 aromatic heterocycles. The van der Waals surface area contributed by atoms with Crippen LogP contribution in [0.2, 0.25) is 0 Å². The molecule has 0 bridgehead atoms. The average Bonchev–Trinajstić information content (AvgIpc) is 3.20. The van der Waals surface area contributed by atoms with Gasteiger partial charge in [0.25, 0.3) is 11.7 Å². The number of carbonyl (C=O) groups is 3. The fraction of sp³-hybridized carbons (Fsp3) is 0.303. The van der Waals surface area contributed by atoms with E-state index in [0.29, 0.717) is 41.6 Å². The molecule has 7 heteroatoms. The lowest BCUT2D eigenvalue weighted by molar-refractivity contribution is -0.140. The Bertz CT molecular complexity index is 1420. The van der Waals surface area contributed by atoms with Gasteiger partial charge in [-0.3, -0.25) is 9.59 Å². The van der Waals surface area contributed by atoms with Gasteiger partial charge in [-0.25, -0.2) is 4.79 Å². The van der Waals surface area contributed by atoms with Crippen LogP contribution in [0.4, 0.5) is 0 Å². The van der Waals surface area contributed by atoms with Crippen molar-refractivity contribution in [1.82, 2.24) is 4.90 Å². The monoisotopic (exact) mass is 541 g/mol. The van der Waals surface area contributed by atoms with Crippen LogP contribution in [0.5, 0.6) is 5.75 Å². The van der Waals surface area contributed by atoms with E-state index >= 15 is 0 Å². The smallest absolute Gasteiger partial charge is 0.338 e. The van der Waals surface area contributed by atoms with Crippen molar-refractivity contribution in [1.29, 1.82) is 0 Å². The molecule has 1 fully saturated rings. The van der Waals surface area contributed by atoms with Crippen molar-refractivity contribution in [3.63, 3.8) is 0 Å². The van der Waals surface area contributed by atoms with Crippen LogP contribution in [0.1, 0.15) is 65.8 Å². The Balaban J connectivity index is 1.72. The third-order valence-corrected chi connectivity index (χ3v) is 6.57. The molecule has 208 valence electrons. The first kappa shape index (κ1) is 28.6. The van der Waals surface area contributed by atoms with Crippen LogP contribution >= 0.6 is 0 Å². The number of likely N-dealkylation sites (tertiary alicyclic amines) is 1. The Hall–Kier alpha value is -4.39. The summed E-state index contributed by atoms with van der Waals surface area (Å²) in [6.07, 6.45) is 0.729. The number of ketones is 1. The highest BCUT2D eigenvalue weighted by Gasteiger charge is 2.46. The number of esters is 1. The van der Waals surface area contributed by atoms with Gasteiger partial charge in [0.2, 0.25) is 0 Å². The Labute approximate surface area is 235 Å². The highest BCUT2D eigenvalue weighted by atomic mass is 16.5. The number of Topliss-reactive ketones (excluding diaryl/α,β-unsaturated/α-hetero) is 1. The number of benzene rings is 3. The zero-order valence-corrected chi connectivity index (χ0v) is 23.3. The van der Waals surface area contributed by atoms with Crippen LogP contribution in [0, 0.1) is 12.8 Å². The first-order valence-corrected chi connectivity index (χ1v) is 13.5. The number of carbonyl (C=O) groups excluding carboxylic acids is 3. The van der Waals surface area contributed by atoms with E-state index in [0.717, 1.165) is 17.5 Å². The predicted octanol–water partition coefficient (Wildman–Crippen LogP) is 6.22. The molecule has 1 atom stereocenters. The number of hydrogen-bond donors (Lipinski definition) is 1. The number of aliphatic hydroxyl groups is 1. The lowest BCUT2D eigenvalue weighted by Crippen LogP contribution is -2.29. The fourth-order valence-corrected chi connectivity index (χ4v) is 4.60. The normalized spacial score (nSPS) is 16.4. The van der Waals surface area contributed by atoms with Crippen LogP contribution in [0.3, 0.4) is 0 Å². The maximum Gasteiger partial charge on any atom is 0.338 e. The van der Waals surface area contributed by atoms with E-state index < -0.39 is 23.7 Å². The summed E-state index contributed by atoms with van der Waals surface area (Å²) in [6.45, 7) is 8.90. The van der Waals surface area contributed by atoms with Crippen molar-refractivity contribution in [3.8, 4) is 5.75 Å². The summed E-state index contributed by atoms with van der Waals surface area (Å²) in [4.78, 5) is 40.5. The first-order valence-electron chi connectivity index (χ1n) is 13.5. The van der Waals surface area contributed by atoms with Gasteiger partial charge in [-0.15, -0.1) is 0 Å². The Morgan fingerprint density at radius 1 is 0.975 bits per heavy atom. The molecule has 1 N–H and O–H groups in total. The quantitative estimate of drug-likeness (QED) is 0.142. The van der Waals surface area contributed by atoms with Crippen LogP contribution in [0.25, 0.3) is 5.76 Å². The van der Waals surface area contributed by atoms with Crippen LogP contribution in [-0.2, 0) is 20.9 Å². The number of amides is 1. The Morgan fingerprint density at radius 3 is 2.38 bits per heavy atom. The second kappa shape index (κ2) is 12.6. The van der Waals surface area contributed by atoms with Gasteiger partial charge in [-0.2, -0.15) is 0 Å². The topological polar surface area (TPSA) is 93.1 Å². The Kier molecular flexibility index (Phi) is 9.04. The first-order chi connectivity index (χ1) is 19.2. The van der Waals surface area contributed by atoms with Crippen molar-refractivity contribution < 1.29 is 29.0 Å². The number of ether oxygens (including phenoxy) is 2. The fourth-order valence-electron chi connectivity index (χ4n) is 4.60. The standard InChI is InChI=1S/C33H35NO6/c1-5-16-39-33(38)24-14-12-23(13-15-24)19-34-29(25-9-6-8-22(4)17-25)28(31(36)32(34)37)30(35)26-10-7-11-27(18-26)40-20-21(2)3/h6-15,17-18,21,29,35H,5,16,19-20H2,1-4H3/b30-28+. The van der Waals surface area contributed by atoms with Crippen molar-refractivity contribution in [2.75, 3.05) is 13.2 Å². The highest BCUT2D eigenvalue weighted by molar-refractivity contribution is 6.46. The van der Waals surface area contributed by atoms with Gasteiger partial charge in [0, 0.05) is 12.1 Å². The summed E-state index contributed by atoms with van der Waals surface area (Å²) in [5.41, 5.74) is 3.24. The second-order valence-corrected chi connectivity index (χ2v) is 10.4. The summed E-state index contributed by atoms with van der Waals surface area (Å²) in [5, 5.41) is 11.4. The minimum atomic E-state index is -0.797. The van der Waals surface area contributed by atoms with Crippen LogP contribution in [-0.4, -0.2) is 40.9 Å². The molecule has 1 aliphatic heterocycles. The maximum atomic E-state index is 13.4. The van der Waals surface area contributed by atoms with E-state index in [-0.39, 0.29) is 17.9 Å². The summed E-state index contributed by atoms with van der Waals surface area (Å²) < 4.78 is 11.0. The van der Waals surface area contributed by atoms with Gasteiger partial charge in [0.05, 0.1) is 30.4 Å². The molecular weight excluding hydrogens is 506 g/mol. The van der Waals surface area contributed by atoms with E-state index in [1.54, 1.807) is 48.5 Å². The van der Waals surface area contributed by atoms with Crippen LogP contribution in [0.15, 0.2) is 78.4 Å². The molecule has 1 saturated heterocycles. The molecule has 3 aromatic rings. The lowest BCUT2D eigenvalue weighted by atomic mass is 9.94. The predicted molar refractivity (Wildman–Crippen MR) is 153 cm³/mol. The van der Waals surface area contributed by atoms with Gasteiger partial charge in [0.1, 0.15) is 11.5 Å². The highest BCUT2D eigenvalue weighted by Crippen LogP contribution is 2.40. The molecule has 40 heavy (non-hydrogen) atoms. The lowest BCUT2D eigenvalue weighted by Gasteiger charge is -2.26. The summed E-state index contributed by atoms with van der Waals surface area (Å²) >= 11 is 0. The van der Waals surface area contributed by atoms with Gasteiger partial charge < -0.3 is 19.5 Å². The minimum absolute atomic E-state index is 0.0244. The third-order valence-electron chi connectivity index (χ3n) is 6.57. The van der Waals surface area contributed by atoms with Crippen molar-refractivity contribution in [2.45, 2.75) is 46.7 Å². The van der Waals surface area contributed by atoms with Crippen molar-refractivity contribution in [2.24, 2.45) is 5.92 Å². The van der Waals surface area contributed by atoms with E-state index in [1.807, 2.05) is 52.0 Å². The molecule has 0 saturated carbocycles. The zero-order valence-electron chi connectivity index (χ0n) is 23.3. The zero-order chi connectivity index (χ0) is 28.8. The molecule has 4 rings (SSSR count). The summed E-state index contributed by atoms with van der Waals surface area (Å²) in [6, 6.07) is 20.4. The van der Waals surface area contributed by atoms with Crippen molar-refractivity contribution >= 4 is 23.4 Å². The van der Waals surface area contributed by atoms with Gasteiger partial charge in [-0.1, -0.05) is 74.9 Å². The number of aryl methyl sites for hydroxylation is 1. The molecule has 7 nitrogen and oxygen atoms in total. The molecule has 0 radical (unpaired) electrons. The molecule has 1 unspecified atom stereocenters. The van der Waals surface area contributed by atoms with E-state index in [9.17, 15) is 19.5 Å². The number of nitrogens with zero attached hydrogens (tertiary/aromatic N) is 1. The van der Waals surface area contributed by atoms with Gasteiger partial charge in [0.15, 0.2) is 0 Å². The molecule has 0 spiro atoms. The van der Waals surface area contributed by atoms with Crippen molar-refractivity contribution in [3.05, 3.63) is 106 Å². The molecule has 1 aliphatic rings. The molecular formula is C33H35NO6. The number of rotatable bonds is 10. The maximum absolute atomic E-state index is 13.4.